The minimum Gasteiger partial charge on any atom is -0.381 e. The number of amides is 1. The molecule has 0 aromatic rings. The van der Waals surface area contributed by atoms with Crippen molar-refractivity contribution in [1.29, 1.82) is 0 Å². The molecule has 0 saturated heterocycles. The Kier molecular flexibility index (Phi) is 10.6. The van der Waals surface area contributed by atoms with Crippen LogP contribution in [0.3, 0.4) is 0 Å². The molecule has 0 unspecified atom stereocenters. The molecular formula is C10H20ClNO2. The number of nitrogens with one attached hydrogen (secondary N) is 1. The Hall–Kier alpha value is -0.280. The summed E-state index contributed by atoms with van der Waals surface area (Å²) in [5, 5.41) is 2.77. The van der Waals surface area contributed by atoms with Gasteiger partial charge in [0.05, 0.1) is 0 Å². The van der Waals surface area contributed by atoms with Crippen molar-refractivity contribution in [2.45, 2.75) is 32.6 Å². The summed E-state index contributed by atoms with van der Waals surface area (Å²) >= 11 is 5.41. The van der Waals surface area contributed by atoms with E-state index in [1.54, 1.807) is 0 Å². The highest BCUT2D eigenvalue weighted by atomic mass is 35.5. The molecule has 1 amide bonds. The molecule has 4 heteroatoms. The molecule has 0 aromatic heterocycles. The molecule has 0 aliphatic carbocycles. The molecule has 1 N–H and O–H groups in total. The third-order valence-electron chi connectivity index (χ3n) is 1.75. The molecule has 0 atom stereocenters. The molecule has 0 aliphatic heterocycles. The van der Waals surface area contributed by atoms with Crippen LogP contribution >= 0.6 is 11.6 Å². The standard InChI is InChI=1S/C10H20ClNO2/c1-2-3-8-14-9-4-7-12-10(13)5-6-11/h2-9H2,1H3,(H,12,13). The maximum atomic E-state index is 10.9. The summed E-state index contributed by atoms with van der Waals surface area (Å²) < 4.78 is 5.34. The van der Waals surface area contributed by atoms with E-state index in [1.807, 2.05) is 0 Å². The van der Waals surface area contributed by atoms with E-state index >= 15 is 0 Å². The molecule has 0 spiro atoms. The van der Waals surface area contributed by atoms with Crippen LogP contribution < -0.4 is 5.32 Å². The lowest BCUT2D eigenvalue weighted by Gasteiger charge is -2.04. The first-order valence-electron chi connectivity index (χ1n) is 5.21. The van der Waals surface area contributed by atoms with Gasteiger partial charge in [0.15, 0.2) is 0 Å². The predicted octanol–water partition coefficient (Wildman–Crippen LogP) is 1.94. The van der Waals surface area contributed by atoms with Crippen LogP contribution in [0.25, 0.3) is 0 Å². The van der Waals surface area contributed by atoms with E-state index in [0.29, 0.717) is 18.8 Å². The van der Waals surface area contributed by atoms with E-state index < -0.39 is 0 Å². The SMILES string of the molecule is CCCCOCCCNC(=O)CCCl. The van der Waals surface area contributed by atoms with Gasteiger partial charge in [0.25, 0.3) is 0 Å². The summed E-state index contributed by atoms with van der Waals surface area (Å²) in [5.74, 6) is 0.410. The van der Waals surface area contributed by atoms with E-state index in [2.05, 4.69) is 12.2 Å². The molecule has 0 fully saturated rings. The summed E-state index contributed by atoms with van der Waals surface area (Å²) in [6.45, 7) is 4.37. The van der Waals surface area contributed by atoms with Crippen LogP contribution in [-0.4, -0.2) is 31.5 Å². The van der Waals surface area contributed by atoms with Gasteiger partial charge in [-0.05, 0) is 12.8 Å². The highest BCUT2D eigenvalue weighted by molar-refractivity contribution is 6.18. The Balaban J connectivity index is 3.01. The lowest BCUT2D eigenvalue weighted by molar-refractivity contribution is -0.120. The Labute approximate surface area is 91.2 Å². The fourth-order valence-electron chi connectivity index (χ4n) is 0.925. The highest BCUT2D eigenvalue weighted by Crippen LogP contribution is 1.89. The monoisotopic (exact) mass is 221 g/mol. The predicted molar refractivity (Wildman–Crippen MR) is 58.7 cm³/mol. The third-order valence-corrected chi connectivity index (χ3v) is 1.94. The third kappa shape index (κ3) is 9.81. The number of hydrogen-bond acceptors (Lipinski definition) is 2. The molecular weight excluding hydrogens is 202 g/mol. The van der Waals surface area contributed by atoms with Gasteiger partial charge in [0.2, 0.25) is 5.91 Å². The van der Waals surface area contributed by atoms with Crippen molar-refractivity contribution in [3.05, 3.63) is 0 Å². The van der Waals surface area contributed by atoms with Gasteiger partial charge in [0, 0.05) is 32.1 Å². The Bertz CT molecular complexity index is 142. The van der Waals surface area contributed by atoms with Crippen LogP contribution in [0.4, 0.5) is 0 Å². The molecule has 0 aromatic carbocycles. The Morgan fingerprint density at radius 2 is 2.07 bits per heavy atom. The summed E-state index contributed by atoms with van der Waals surface area (Å²) in [7, 11) is 0. The summed E-state index contributed by atoms with van der Waals surface area (Å²) in [5.41, 5.74) is 0. The zero-order valence-electron chi connectivity index (χ0n) is 8.85. The van der Waals surface area contributed by atoms with Gasteiger partial charge >= 0.3 is 0 Å². The van der Waals surface area contributed by atoms with Crippen molar-refractivity contribution in [1.82, 2.24) is 5.32 Å². The first kappa shape index (κ1) is 13.7. The molecule has 84 valence electrons. The van der Waals surface area contributed by atoms with Crippen LogP contribution in [0.2, 0.25) is 0 Å². The number of unbranched alkanes of at least 4 members (excludes halogenated alkanes) is 1. The molecule has 0 heterocycles. The van der Waals surface area contributed by atoms with Crippen molar-refractivity contribution in [2.24, 2.45) is 0 Å². The maximum Gasteiger partial charge on any atom is 0.221 e. The summed E-state index contributed by atoms with van der Waals surface area (Å²) in [6, 6.07) is 0. The van der Waals surface area contributed by atoms with Crippen molar-refractivity contribution < 1.29 is 9.53 Å². The number of ether oxygens (including phenoxy) is 1. The molecule has 0 aliphatic rings. The number of hydrogen-bond donors (Lipinski definition) is 1. The Morgan fingerprint density at radius 1 is 1.36 bits per heavy atom. The van der Waals surface area contributed by atoms with Crippen LogP contribution in [0.1, 0.15) is 32.6 Å². The second kappa shape index (κ2) is 10.8. The van der Waals surface area contributed by atoms with Crippen molar-refractivity contribution in [3.8, 4) is 0 Å². The average molecular weight is 222 g/mol. The molecule has 0 radical (unpaired) electrons. The second-order valence-electron chi connectivity index (χ2n) is 3.11. The van der Waals surface area contributed by atoms with Crippen molar-refractivity contribution in [2.75, 3.05) is 25.6 Å². The molecule has 3 nitrogen and oxygen atoms in total. The van der Waals surface area contributed by atoms with E-state index in [4.69, 9.17) is 16.3 Å². The summed E-state index contributed by atoms with van der Waals surface area (Å²) in [4.78, 5) is 10.9. The smallest absolute Gasteiger partial charge is 0.221 e. The minimum absolute atomic E-state index is 0.0218. The number of carbonyl (C=O) groups excluding carboxylic acids is 1. The van der Waals surface area contributed by atoms with Gasteiger partial charge in [-0.2, -0.15) is 0 Å². The summed E-state index contributed by atoms with van der Waals surface area (Å²) in [6.07, 6.45) is 3.54. The molecule has 0 saturated carbocycles. The van der Waals surface area contributed by atoms with Gasteiger partial charge < -0.3 is 10.1 Å². The van der Waals surface area contributed by atoms with E-state index in [0.717, 1.165) is 32.5 Å². The normalized spacial score (nSPS) is 10.1. The molecule has 0 rings (SSSR count). The van der Waals surface area contributed by atoms with Crippen LogP contribution in [0.5, 0.6) is 0 Å². The molecule has 14 heavy (non-hydrogen) atoms. The average Bonchev–Trinajstić information content (AvgIpc) is 2.17. The van der Waals surface area contributed by atoms with Gasteiger partial charge in [-0.15, -0.1) is 11.6 Å². The van der Waals surface area contributed by atoms with Gasteiger partial charge in [-0.25, -0.2) is 0 Å². The minimum atomic E-state index is 0.0218. The number of alkyl halides is 1. The number of halogens is 1. The number of rotatable bonds is 9. The topological polar surface area (TPSA) is 38.3 Å². The first-order chi connectivity index (χ1) is 6.81. The Morgan fingerprint density at radius 3 is 2.71 bits per heavy atom. The lowest BCUT2D eigenvalue weighted by atomic mass is 10.3. The van der Waals surface area contributed by atoms with Gasteiger partial charge in [0.1, 0.15) is 0 Å². The maximum absolute atomic E-state index is 10.9. The van der Waals surface area contributed by atoms with Crippen molar-refractivity contribution >= 4 is 17.5 Å². The van der Waals surface area contributed by atoms with Crippen molar-refractivity contribution in [3.63, 3.8) is 0 Å². The van der Waals surface area contributed by atoms with Crippen LogP contribution in [-0.2, 0) is 9.53 Å². The van der Waals surface area contributed by atoms with Gasteiger partial charge in [-0.3, -0.25) is 4.79 Å². The zero-order chi connectivity index (χ0) is 10.6. The highest BCUT2D eigenvalue weighted by Gasteiger charge is 1.97. The van der Waals surface area contributed by atoms with Gasteiger partial charge in [-0.1, -0.05) is 13.3 Å². The first-order valence-corrected chi connectivity index (χ1v) is 5.75. The quantitative estimate of drug-likeness (QED) is 0.477. The van der Waals surface area contributed by atoms with Crippen LogP contribution in [0, 0.1) is 0 Å². The number of carbonyl (C=O) groups is 1. The fourth-order valence-corrected chi connectivity index (χ4v) is 1.10. The largest absolute Gasteiger partial charge is 0.381 e. The van der Waals surface area contributed by atoms with E-state index in [9.17, 15) is 4.79 Å². The van der Waals surface area contributed by atoms with Crippen LogP contribution in [0.15, 0.2) is 0 Å². The fraction of sp³-hybridized carbons (Fsp3) is 0.900. The molecule has 0 bridgehead atoms. The second-order valence-corrected chi connectivity index (χ2v) is 3.49. The lowest BCUT2D eigenvalue weighted by Crippen LogP contribution is -2.25. The van der Waals surface area contributed by atoms with E-state index in [1.165, 1.54) is 0 Å². The zero-order valence-corrected chi connectivity index (χ0v) is 9.61. The van der Waals surface area contributed by atoms with E-state index in [-0.39, 0.29) is 5.91 Å².